The van der Waals surface area contributed by atoms with Gasteiger partial charge in [-0.25, -0.2) is 4.79 Å². The normalized spacial score (nSPS) is 14.7. The summed E-state index contributed by atoms with van der Waals surface area (Å²) in [4.78, 5) is 48.9. The lowest BCUT2D eigenvalue weighted by Gasteiger charge is -2.24. The summed E-state index contributed by atoms with van der Waals surface area (Å²) in [7, 11) is 0. The highest BCUT2D eigenvalue weighted by Gasteiger charge is 2.29. The Morgan fingerprint density at radius 3 is 1.88 bits per heavy atom. The fourth-order valence-electron chi connectivity index (χ4n) is 2.65. The van der Waals surface area contributed by atoms with E-state index in [0.29, 0.717) is 43.7 Å². The van der Waals surface area contributed by atoms with Crippen LogP contribution in [0.15, 0.2) is 0 Å². The van der Waals surface area contributed by atoms with E-state index in [-0.39, 0.29) is 6.42 Å². The molecule has 0 saturated heterocycles. The lowest BCUT2D eigenvalue weighted by atomic mass is 10.1. The maximum Gasteiger partial charge on any atom is 0.326 e. The number of aliphatic carboxylic acids is 1. The maximum atomic E-state index is 12.7. The van der Waals surface area contributed by atoms with Gasteiger partial charge in [-0.1, -0.05) is 0 Å². The van der Waals surface area contributed by atoms with Gasteiger partial charge in [-0.15, -0.1) is 0 Å². The molecule has 0 aromatic carbocycles. The molecule has 186 valence electrons. The third kappa shape index (κ3) is 12.5. The first-order chi connectivity index (χ1) is 15.2. The van der Waals surface area contributed by atoms with Gasteiger partial charge in [0, 0.05) is 0 Å². The molecule has 0 aliphatic heterocycles. The average molecular weight is 496 g/mol. The van der Waals surface area contributed by atoms with E-state index in [1.54, 1.807) is 11.8 Å². The Bertz CT molecular complexity index is 599. The van der Waals surface area contributed by atoms with Crippen LogP contribution >= 0.6 is 23.5 Å². The number of carbonyl (C=O) groups is 4. The van der Waals surface area contributed by atoms with Crippen LogP contribution in [0.25, 0.3) is 0 Å². The van der Waals surface area contributed by atoms with Crippen molar-refractivity contribution in [2.75, 3.05) is 37.2 Å². The van der Waals surface area contributed by atoms with E-state index in [9.17, 15) is 29.4 Å². The van der Waals surface area contributed by atoms with Crippen LogP contribution in [0.5, 0.6) is 0 Å². The van der Waals surface area contributed by atoms with Crippen molar-refractivity contribution in [3.8, 4) is 0 Å². The van der Waals surface area contributed by atoms with E-state index < -0.39 is 54.5 Å². The molecule has 4 unspecified atom stereocenters. The number of carboxylic acids is 1. The number of rotatable bonds is 18. The molecule has 0 aromatic rings. The molecule has 3 amide bonds. The monoisotopic (exact) mass is 495 g/mol. The van der Waals surface area contributed by atoms with E-state index in [4.69, 9.17) is 11.5 Å². The van der Waals surface area contributed by atoms with Gasteiger partial charge in [0.1, 0.15) is 18.1 Å². The Balaban J connectivity index is 5.09. The van der Waals surface area contributed by atoms with Gasteiger partial charge in [-0.3, -0.25) is 14.4 Å². The average Bonchev–Trinajstić information content (AvgIpc) is 2.77. The van der Waals surface area contributed by atoms with Crippen LogP contribution in [0.3, 0.4) is 0 Å². The van der Waals surface area contributed by atoms with E-state index in [0.717, 1.165) is 0 Å². The highest BCUT2D eigenvalue weighted by atomic mass is 32.2. The Labute approximate surface area is 197 Å². The number of aliphatic hydroxyl groups is 1. The largest absolute Gasteiger partial charge is 0.480 e. The Morgan fingerprint density at radius 2 is 1.34 bits per heavy atom. The summed E-state index contributed by atoms with van der Waals surface area (Å²) in [5.41, 5.74) is 11.3. The summed E-state index contributed by atoms with van der Waals surface area (Å²) in [6.45, 7) is -0.331. The van der Waals surface area contributed by atoms with Crippen molar-refractivity contribution < 1.29 is 29.4 Å². The molecule has 0 radical (unpaired) electrons. The van der Waals surface area contributed by atoms with Crippen LogP contribution in [0.4, 0.5) is 0 Å². The minimum absolute atomic E-state index is 0.171. The molecule has 0 aliphatic carbocycles. The van der Waals surface area contributed by atoms with Gasteiger partial charge in [0.05, 0.1) is 12.6 Å². The molecule has 4 atom stereocenters. The van der Waals surface area contributed by atoms with Gasteiger partial charge in [0.2, 0.25) is 17.7 Å². The van der Waals surface area contributed by atoms with Gasteiger partial charge >= 0.3 is 5.97 Å². The summed E-state index contributed by atoms with van der Waals surface area (Å²) < 4.78 is 0. The summed E-state index contributed by atoms with van der Waals surface area (Å²) in [6, 6.07) is -4.25. The van der Waals surface area contributed by atoms with Crippen LogP contribution in [0.1, 0.15) is 32.1 Å². The first kappa shape index (κ1) is 30.5. The van der Waals surface area contributed by atoms with Crippen molar-refractivity contribution in [2.24, 2.45) is 11.5 Å². The summed E-state index contributed by atoms with van der Waals surface area (Å²) >= 11 is 3.03. The second-order valence-corrected chi connectivity index (χ2v) is 9.13. The van der Waals surface area contributed by atoms with Crippen molar-refractivity contribution in [1.29, 1.82) is 0 Å². The number of hydrogen-bond acceptors (Lipinski definition) is 9. The molecule has 13 heteroatoms. The van der Waals surface area contributed by atoms with Crippen molar-refractivity contribution in [3.05, 3.63) is 0 Å². The summed E-state index contributed by atoms with van der Waals surface area (Å²) in [6.07, 6.45) is 5.77. The molecule has 0 bridgehead atoms. The Morgan fingerprint density at radius 1 is 0.812 bits per heavy atom. The molecule has 0 fully saturated rings. The quantitative estimate of drug-likeness (QED) is 0.110. The van der Waals surface area contributed by atoms with Crippen molar-refractivity contribution in [3.63, 3.8) is 0 Å². The third-order valence-electron chi connectivity index (χ3n) is 4.59. The molecule has 0 aliphatic rings. The molecule has 32 heavy (non-hydrogen) atoms. The van der Waals surface area contributed by atoms with E-state index >= 15 is 0 Å². The molecular weight excluding hydrogens is 458 g/mol. The number of nitrogens with two attached hydrogens (primary N) is 2. The lowest BCUT2D eigenvalue weighted by molar-refractivity contribution is -0.142. The zero-order chi connectivity index (χ0) is 24.5. The number of unbranched alkanes of at least 4 members (excludes halogenated alkanes) is 1. The predicted molar refractivity (Wildman–Crippen MR) is 127 cm³/mol. The fourth-order valence-corrected chi connectivity index (χ4v) is 3.61. The molecule has 11 nitrogen and oxygen atoms in total. The number of amides is 3. The Hall–Kier alpha value is -1.54. The number of thioether (sulfide) groups is 2. The first-order valence-corrected chi connectivity index (χ1v) is 13.2. The molecule has 0 saturated carbocycles. The third-order valence-corrected chi connectivity index (χ3v) is 5.88. The zero-order valence-corrected chi connectivity index (χ0v) is 20.3. The van der Waals surface area contributed by atoms with Crippen LogP contribution in [0, 0.1) is 0 Å². The fraction of sp³-hybridized carbons (Fsp3) is 0.789. The molecular formula is C19H37N5O6S2. The number of aliphatic hydroxyl groups excluding tert-OH is 1. The van der Waals surface area contributed by atoms with E-state index in [1.807, 2.05) is 12.5 Å². The molecule has 0 aromatic heterocycles. The van der Waals surface area contributed by atoms with Gasteiger partial charge in [0.15, 0.2) is 0 Å². The zero-order valence-electron chi connectivity index (χ0n) is 18.7. The van der Waals surface area contributed by atoms with E-state index in [2.05, 4.69) is 16.0 Å². The number of hydrogen-bond donors (Lipinski definition) is 7. The topological polar surface area (TPSA) is 197 Å². The van der Waals surface area contributed by atoms with Crippen LogP contribution in [-0.4, -0.2) is 95.2 Å². The van der Waals surface area contributed by atoms with E-state index in [1.165, 1.54) is 11.8 Å². The van der Waals surface area contributed by atoms with Crippen LogP contribution in [0.2, 0.25) is 0 Å². The van der Waals surface area contributed by atoms with Crippen LogP contribution < -0.4 is 27.4 Å². The molecule has 0 heterocycles. The lowest BCUT2D eigenvalue weighted by Crippen LogP contribution is -2.58. The second kappa shape index (κ2) is 18.0. The SMILES string of the molecule is CSCCC(N)C(=O)NC(CCSC)C(=O)NC(CO)C(=O)NC(CCCCN)C(=O)O. The number of carbonyl (C=O) groups excluding carboxylic acids is 3. The minimum atomic E-state index is -1.36. The molecule has 9 N–H and O–H groups in total. The highest BCUT2D eigenvalue weighted by Crippen LogP contribution is 2.05. The first-order valence-electron chi connectivity index (χ1n) is 10.4. The number of carboxylic acid groups (broad SMARTS) is 1. The molecule has 0 rings (SSSR count). The summed E-state index contributed by atoms with van der Waals surface area (Å²) in [5.74, 6) is -1.92. The van der Waals surface area contributed by atoms with Crippen molar-refractivity contribution in [2.45, 2.75) is 56.3 Å². The second-order valence-electron chi connectivity index (χ2n) is 7.16. The van der Waals surface area contributed by atoms with Gasteiger partial charge in [-0.2, -0.15) is 23.5 Å². The van der Waals surface area contributed by atoms with Crippen LogP contribution in [-0.2, 0) is 19.2 Å². The van der Waals surface area contributed by atoms with Crippen molar-refractivity contribution >= 4 is 47.2 Å². The molecule has 0 spiro atoms. The minimum Gasteiger partial charge on any atom is -0.480 e. The highest BCUT2D eigenvalue weighted by molar-refractivity contribution is 7.98. The Kier molecular flexibility index (Phi) is 17.1. The maximum absolute atomic E-state index is 12.7. The van der Waals surface area contributed by atoms with Gasteiger partial charge < -0.3 is 37.6 Å². The van der Waals surface area contributed by atoms with Crippen molar-refractivity contribution in [1.82, 2.24) is 16.0 Å². The van der Waals surface area contributed by atoms with Gasteiger partial charge in [-0.05, 0) is 62.7 Å². The van der Waals surface area contributed by atoms with Gasteiger partial charge in [0.25, 0.3) is 0 Å². The smallest absolute Gasteiger partial charge is 0.326 e. The number of nitrogens with one attached hydrogen (secondary N) is 3. The standard InChI is InChI=1S/C19H37N5O6S2/c1-31-9-6-12(21)16(26)22-13(7-10-32-2)17(27)24-15(11-25)18(28)23-14(19(29)30)5-3-4-8-20/h12-15,25H,3-11,20-21H2,1-2H3,(H,22,26)(H,23,28)(H,24,27)(H,29,30). The summed E-state index contributed by atoms with van der Waals surface area (Å²) in [5, 5.41) is 26.2. The predicted octanol–water partition coefficient (Wildman–Crippen LogP) is -1.52.